The lowest BCUT2D eigenvalue weighted by molar-refractivity contribution is 0.140. The van der Waals surface area contributed by atoms with Gasteiger partial charge >= 0.3 is 29.0 Å². The molecule has 0 aliphatic rings. The third kappa shape index (κ3) is 23.4. The van der Waals surface area contributed by atoms with Crippen molar-refractivity contribution in [3.63, 3.8) is 0 Å². The molecule has 2 rings (SSSR count). The molecule has 194 valence electrons. The second kappa shape index (κ2) is 14.6. The van der Waals surface area contributed by atoms with E-state index in [2.05, 4.69) is 15.0 Å². The lowest BCUT2D eigenvalue weighted by Crippen LogP contribution is -2.15. The predicted octanol–water partition coefficient (Wildman–Crippen LogP) is -4.09. The zero-order chi connectivity index (χ0) is 26.6. The lowest BCUT2D eigenvalue weighted by atomic mass is 10.1. The number of fused-ring (bicyclic) bond motifs is 1. The summed E-state index contributed by atoms with van der Waals surface area (Å²) in [5.74, 6) is -0.150. The van der Waals surface area contributed by atoms with Crippen molar-refractivity contribution in [1.29, 1.82) is 0 Å². The number of phosphoric acid groups is 3. The fourth-order valence-electron chi connectivity index (χ4n) is 1.71. The van der Waals surface area contributed by atoms with Gasteiger partial charge in [-0.05, 0) is 6.42 Å². The number of anilines is 1. The third-order valence-corrected chi connectivity index (χ3v) is 2.80. The molecule has 0 saturated carbocycles. The molecule has 2 heterocycles. The molecule has 2 aromatic rings. The molecule has 0 unspecified atom stereocenters. The summed E-state index contributed by atoms with van der Waals surface area (Å²) in [7, 11) is -13.9. The van der Waals surface area contributed by atoms with Crippen LogP contribution in [-0.2, 0) is 20.2 Å². The number of rotatable bonds is 5. The molecule has 0 aliphatic carbocycles. The number of aromatic amines is 1. The highest BCUT2D eigenvalue weighted by Gasteiger charge is 2.11. The van der Waals surface area contributed by atoms with Crippen molar-refractivity contribution < 1.29 is 67.9 Å². The standard InChI is InChI=1S/C10H15N5O3.3H3O4P/c11-10-13-8-7(9(18)14-10)12-5-15(8)2-1-6(3-16)4-17;3*1-5(2,3)4/h5-6,16-17H,1-4H2,(H3,11,13,14,18);3*(H3,1,2,3,4). The number of H-pyrrole nitrogens is 1. The van der Waals surface area contributed by atoms with Gasteiger partial charge in [0.2, 0.25) is 5.95 Å². The van der Waals surface area contributed by atoms with Gasteiger partial charge in [0.15, 0.2) is 5.52 Å². The van der Waals surface area contributed by atoms with Crippen molar-refractivity contribution in [2.45, 2.75) is 13.0 Å². The van der Waals surface area contributed by atoms with Crippen LogP contribution in [0.25, 0.3) is 11.2 Å². The van der Waals surface area contributed by atoms with Crippen molar-refractivity contribution in [2.24, 2.45) is 5.92 Å². The van der Waals surface area contributed by atoms with E-state index < -0.39 is 29.0 Å². The maximum Gasteiger partial charge on any atom is 0.466 e. The molecule has 0 aromatic carbocycles. The van der Waals surface area contributed by atoms with Gasteiger partial charge in [-0.25, -0.2) is 18.7 Å². The highest BCUT2D eigenvalue weighted by molar-refractivity contribution is 7.45. The number of aliphatic hydroxyl groups excluding tert-OH is 2. The Kier molecular flexibility index (Phi) is 14.9. The largest absolute Gasteiger partial charge is 0.466 e. The summed E-state index contributed by atoms with van der Waals surface area (Å²) in [4.78, 5) is 86.5. The number of hydrogen-bond donors (Lipinski definition) is 13. The quantitative estimate of drug-likeness (QED) is 0.158. The normalized spacial score (nSPS) is 11.6. The molecule has 0 radical (unpaired) electrons. The van der Waals surface area contributed by atoms with E-state index in [0.29, 0.717) is 18.6 Å². The first kappa shape index (κ1) is 33.6. The topological polar surface area (TPSA) is 363 Å². The van der Waals surface area contributed by atoms with Crippen LogP contribution in [0.4, 0.5) is 5.95 Å². The molecular weight excluding hydrogens is 523 g/mol. The summed E-state index contributed by atoms with van der Waals surface area (Å²) < 4.78 is 28.4. The zero-order valence-corrected chi connectivity index (χ0v) is 19.0. The van der Waals surface area contributed by atoms with Crippen LogP contribution in [0.15, 0.2) is 11.1 Å². The van der Waals surface area contributed by atoms with E-state index in [9.17, 15) is 4.79 Å². The van der Waals surface area contributed by atoms with Gasteiger partial charge in [0.1, 0.15) is 5.65 Å². The highest BCUT2D eigenvalue weighted by atomic mass is 31.2. The van der Waals surface area contributed by atoms with Crippen molar-refractivity contribution in [2.75, 3.05) is 18.9 Å². The van der Waals surface area contributed by atoms with E-state index in [0.717, 1.165) is 0 Å². The van der Waals surface area contributed by atoms with E-state index in [4.69, 9.17) is 73.7 Å². The first-order valence-corrected chi connectivity index (χ1v) is 12.6. The van der Waals surface area contributed by atoms with Gasteiger partial charge in [-0.15, -0.1) is 0 Å². The van der Waals surface area contributed by atoms with Crippen LogP contribution in [0, 0.1) is 5.92 Å². The van der Waals surface area contributed by atoms with E-state index in [-0.39, 0.29) is 30.6 Å². The molecule has 0 spiro atoms. The number of aliphatic hydroxyl groups is 2. The molecule has 0 fully saturated rings. The molecule has 14 N–H and O–H groups in total. The lowest BCUT2D eigenvalue weighted by Gasteiger charge is -2.11. The van der Waals surface area contributed by atoms with Crippen LogP contribution in [0.3, 0.4) is 0 Å². The van der Waals surface area contributed by atoms with Crippen molar-refractivity contribution >= 4 is 40.6 Å². The van der Waals surface area contributed by atoms with Crippen molar-refractivity contribution in [3.8, 4) is 0 Å². The minimum Gasteiger partial charge on any atom is -0.396 e. The predicted molar refractivity (Wildman–Crippen MR) is 108 cm³/mol. The van der Waals surface area contributed by atoms with E-state index in [1.54, 1.807) is 4.57 Å². The minimum atomic E-state index is -4.64. The molecule has 0 atom stereocenters. The Labute approximate surface area is 183 Å². The molecule has 0 aliphatic heterocycles. The number of nitrogens with one attached hydrogen (secondary N) is 1. The molecule has 0 saturated heterocycles. The smallest absolute Gasteiger partial charge is 0.396 e. The van der Waals surface area contributed by atoms with Crippen molar-refractivity contribution in [1.82, 2.24) is 19.5 Å². The average molecular weight is 547 g/mol. The van der Waals surface area contributed by atoms with Crippen LogP contribution in [0.5, 0.6) is 0 Å². The summed E-state index contributed by atoms with van der Waals surface area (Å²) in [6, 6.07) is 0. The fraction of sp³-hybridized carbons (Fsp3) is 0.500. The summed E-state index contributed by atoms with van der Waals surface area (Å²) in [6.45, 7) is 0.356. The Balaban J connectivity index is 0. The van der Waals surface area contributed by atoms with Gasteiger partial charge in [0.05, 0.1) is 6.33 Å². The highest BCUT2D eigenvalue weighted by Crippen LogP contribution is 2.26. The van der Waals surface area contributed by atoms with Crippen LogP contribution in [-0.4, -0.2) is 87.0 Å². The average Bonchev–Trinajstić information content (AvgIpc) is 2.94. The Hall–Kier alpha value is -1.60. The Morgan fingerprint density at radius 3 is 1.67 bits per heavy atom. The summed E-state index contributed by atoms with van der Waals surface area (Å²) >= 11 is 0. The maximum atomic E-state index is 11.5. The summed E-state index contributed by atoms with van der Waals surface area (Å²) in [5, 5.41) is 18.0. The molecule has 33 heavy (non-hydrogen) atoms. The van der Waals surface area contributed by atoms with Crippen LogP contribution < -0.4 is 11.3 Å². The SMILES string of the molecule is Nc1nc(=O)c2ncn(CCC(CO)CO)c2[nH]1.O=P(O)(O)O.O=P(O)(O)O.O=P(O)(O)O. The van der Waals surface area contributed by atoms with Crippen molar-refractivity contribution in [3.05, 3.63) is 16.7 Å². The summed E-state index contributed by atoms with van der Waals surface area (Å²) in [6.07, 6.45) is 2.08. The summed E-state index contributed by atoms with van der Waals surface area (Å²) in [5.41, 5.74) is 5.73. The van der Waals surface area contributed by atoms with E-state index in [1.165, 1.54) is 6.33 Å². The van der Waals surface area contributed by atoms with Gasteiger partial charge < -0.3 is 69.5 Å². The number of nitrogen functional groups attached to an aromatic ring is 1. The van der Waals surface area contributed by atoms with Gasteiger partial charge in [0.25, 0.3) is 0 Å². The number of aryl methyl sites for hydroxylation is 1. The first-order valence-electron chi connectivity index (χ1n) is 7.92. The van der Waals surface area contributed by atoms with Crippen LogP contribution in [0.2, 0.25) is 0 Å². The molecule has 0 amide bonds. The number of hydrogen-bond acceptors (Lipinski definition) is 9. The second-order valence-corrected chi connectivity index (χ2v) is 8.70. The fourth-order valence-corrected chi connectivity index (χ4v) is 1.71. The Bertz CT molecular complexity index is 962. The molecule has 0 bridgehead atoms. The van der Waals surface area contributed by atoms with Gasteiger partial charge in [0, 0.05) is 25.7 Å². The number of aromatic nitrogens is 4. The Morgan fingerprint density at radius 1 is 0.909 bits per heavy atom. The molecular formula is C10H24N5O15P3. The monoisotopic (exact) mass is 547 g/mol. The Morgan fingerprint density at radius 2 is 1.30 bits per heavy atom. The zero-order valence-electron chi connectivity index (χ0n) is 16.3. The van der Waals surface area contributed by atoms with E-state index >= 15 is 0 Å². The minimum absolute atomic E-state index is 0.0371. The van der Waals surface area contributed by atoms with Crippen LogP contribution in [0.1, 0.15) is 6.42 Å². The molecule has 2 aromatic heterocycles. The van der Waals surface area contributed by atoms with E-state index in [1.807, 2.05) is 0 Å². The second-order valence-electron chi connectivity index (χ2n) is 5.62. The molecule has 23 heteroatoms. The third-order valence-electron chi connectivity index (χ3n) is 2.80. The molecule has 20 nitrogen and oxygen atoms in total. The van der Waals surface area contributed by atoms with Gasteiger partial charge in [-0.3, -0.25) is 4.79 Å². The number of nitrogens with zero attached hydrogens (tertiary/aromatic N) is 3. The van der Waals surface area contributed by atoms with Gasteiger partial charge in [-0.1, -0.05) is 0 Å². The maximum absolute atomic E-state index is 11.5. The van der Waals surface area contributed by atoms with Crippen LogP contribution >= 0.6 is 23.5 Å². The number of imidazole rings is 1. The van der Waals surface area contributed by atoms with Gasteiger partial charge in [-0.2, -0.15) is 4.98 Å². The number of nitrogens with two attached hydrogens (primary N) is 1. The first-order chi connectivity index (χ1) is 14.7.